The Hall–Kier alpha value is -4.08. The highest BCUT2D eigenvalue weighted by atomic mass is 16.6. The number of nitrogens with one attached hydrogen (secondary N) is 2. The van der Waals surface area contributed by atoms with E-state index in [1.807, 2.05) is 24.3 Å². The predicted molar refractivity (Wildman–Crippen MR) is 129 cm³/mol. The van der Waals surface area contributed by atoms with E-state index in [1.165, 1.54) is 7.05 Å². The van der Waals surface area contributed by atoms with Gasteiger partial charge >= 0.3 is 12.1 Å². The summed E-state index contributed by atoms with van der Waals surface area (Å²) in [4.78, 5) is 54.0. The first kappa shape index (κ1) is 23.7. The molecule has 1 aliphatic carbocycles. The third kappa shape index (κ3) is 3.82. The standard InChI is InChI=1S/C26H28N4O6/c1-27-24(33)28-17-9-10-19-16(14-17)11-12-26(19)23(32)30(25(34)36-26)15-22(31)29-13-5-7-20(29)18-6-3-4-8-21(18)35-2/h3-4,6,8-10,14,20H,5,7,11-13,15H2,1-2H3,(H2,27,28,33)/t20?,26-/m1/s1. The molecule has 5 amide bonds. The lowest BCUT2D eigenvalue weighted by molar-refractivity contribution is -0.142. The maximum absolute atomic E-state index is 13.5. The van der Waals surface area contributed by atoms with E-state index in [1.54, 1.807) is 30.2 Å². The third-order valence-electron chi connectivity index (χ3n) is 7.21. The van der Waals surface area contributed by atoms with Crippen molar-refractivity contribution in [2.45, 2.75) is 37.3 Å². The molecule has 0 aromatic heterocycles. The molecule has 188 valence electrons. The lowest BCUT2D eigenvalue weighted by atomic mass is 9.94. The molecule has 2 aliphatic heterocycles. The van der Waals surface area contributed by atoms with Gasteiger partial charge in [-0.3, -0.25) is 9.59 Å². The topological polar surface area (TPSA) is 117 Å². The van der Waals surface area contributed by atoms with Gasteiger partial charge in [0.15, 0.2) is 0 Å². The van der Waals surface area contributed by atoms with Crippen molar-refractivity contribution in [3.05, 3.63) is 59.2 Å². The molecule has 5 rings (SSSR count). The number of para-hydroxylation sites is 1. The van der Waals surface area contributed by atoms with Gasteiger partial charge in [0.2, 0.25) is 11.5 Å². The number of amides is 5. The number of likely N-dealkylation sites (tertiary alicyclic amines) is 1. The summed E-state index contributed by atoms with van der Waals surface area (Å²) in [6.07, 6.45) is 1.56. The van der Waals surface area contributed by atoms with Crippen molar-refractivity contribution in [2.75, 3.05) is 32.6 Å². The normalized spacial score (nSPS) is 22.6. The van der Waals surface area contributed by atoms with Crippen LogP contribution in [0.4, 0.5) is 15.3 Å². The lowest BCUT2D eigenvalue weighted by Crippen LogP contribution is -2.44. The molecule has 0 bridgehead atoms. The van der Waals surface area contributed by atoms with Crippen LogP contribution in [-0.4, -0.2) is 61.0 Å². The van der Waals surface area contributed by atoms with Gasteiger partial charge < -0.3 is 25.0 Å². The highest BCUT2D eigenvalue weighted by molar-refractivity contribution is 6.06. The molecule has 2 aromatic rings. The molecule has 2 heterocycles. The number of nitrogens with zero attached hydrogens (tertiary/aromatic N) is 2. The van der Waals surface area contributed by atoms with Crippen LogP contribution in [0, 0.1) is 0 Å². The summed E-state index contributed by atoms with van der Waals surface area (Å²) >= 11 is 0. The smallest absolute Gasteiger partial charge is 0.418 e. The highest BCUT2D eigenvalue weighted by Crippen LogP contribution is 2.46. The number of carbonyl (C=O) groups is 4. The highest BCUT2D eigenvalue weighted by Gasteiger charge is 2.58. The predicted octanol–water partition coefficient (Wildman–Crippen LogP) is 2.93. The second-order valence-corrected chi connectivity index (χ2v) is 9.15. The van der Waals surface area contributed by atoms with Crippen LogP contribution in [0.2, 0.25) is 0 Å². The maximum atomic E-state index is 13.5. The zero-order valence-corrected chi connectivity index (χ0v) is 20.2. The van der Waals surface area contributed by atoms with Crippen molar-refractivity contribution >= 4 is 29.6 Å². The molecule has 36 heavy (non-hydrogen) atoms. The fraction of sp³-hybridized carbons (Fsp3) is 0.385. The number of urea groups is 1. The first-order valence-corrected chi connectivity index (χ1v) is 12.0. The van der Waals surface area contributed by atoms with Gasteiger partial charge in [-0.25, -0.2) is 14.5 Å². The summed E-state index contributed by atoms with van der Waals surface area (Å²) in [6.45, 7) is 0.157. The minimum atomic E-state index is -1.44. The molecule has 10 heteroatoms. The van der Waals surface area contributed by atoms with E-state index in [2.05, 4.69) is 10.6 Å². The number of hydrogen-bond acceptors (Lipinski definition) is 6. The average Bonchev–Trinajstić information content (AvgIpc) is 3.57. The summed E-state index contributed by atoms with van der Waals surface area (Å²) in [7, 11) is 3.11. The van der Waals surface area contributed by atoms with Gasteiger partial charge in [0.05, 0.1) is 13.2 Å². The second-order valence-electron chi connectivity index (χ2n) is 9.15. The maximum Gasteiger partial charge on any atom is 0.418 e. The van der Waals surface area contributed by atoms with Crippen molar-refractivity contribution in [1.82, 2.24) is 15.1 Å². The fourth-order valence-electron chi connectivity index (χ4n) is 5.48. The van der Waals surface area contributed by atoms with Gasteiger partial charge in [-0.1, -0.05) is 24.3 Å². The molecule has 2 aromatic carbocycles. The number of anilines is 1. The Labute approximate surface area is 208 Å². The van der Waals surface area contributed by atoms with Crippen molar-refractivity contribution < 1.29 is 28.7 Å². The van der Waals surface area contributed by atoms with E-state index in [0.29, 0.717) is 30.0 Å². The number of fused-ring (bicyclic) bond motifs is 2. The van der Waals surface area contributed by atoms with Crippen molar-refractivity contribution in [3.63, 3.8) is 0 Å². The molecule has 2 atom stereocenters. The van der Waals surface area contributed by atoms with Gasteiger partial charge in [-0.05, 0) is 43.0 Å². The van der Waals surface area contributed by atoms with E-state index in [4.69, 9.17) is 9.47 Å². The van der Waals surface area contributed by atoms with Gasteiger partial charge in [0.1, 0.15) is 12.3 Å². The minimum Gasteiger partial charge on any atom is -0.496 e. The van der Waals surface area contributed by atoms with Crippen LogP contribution in [0.25, 0.3) is 0 Å². The SMILES string of the molecule is CNC(=O)Nc1ccc2c(c1)CC[C@@]21OC(=O)N(CC(=O)N2CCCC2c2ccccc2OC)C1=O. The Morgan fingerprint density at radius 2 is 2.00 bits per heavy atom. The number of methoxy groups -OCH3 is 1. The molecule has 1 spiro atoms. The number of carbonyl (C=O) groups excluding carboxylic acids is 4. The first-order valence-electron chi connectivity index (χ1n) is 12.0. The minimum absolute atomic E-state index is 0.185. The Morgan fingerprint density at radius 1 is 1.19 bits per heavy atom. The third-order valence-corrected chi connectivity index (χ3v) is 7.21. The monoisotopic (exact) mass is 492 g/mol. The number of aryl methyl sites for hydroxylation is 1. The van der Waals surface area contributed by atoms with Crippen molar-refractivity contribution in [2.24, 2.45) is 0 Å². The van der Waals surface area contributed by atoms with Gasteiger partial charge in [-0.15, -0.1) is 0 Å². The molecular formula is C26H28N4O6. The molecule has 2 saturated heterocycles. The summed E-state index contributed by atoms with van der Waals surface area (Å²) < 4.78 is 11.1. The molecule has 2 N–H and O–H groups in total. The molecule has 3 aliphatic rings. The quantitative estimate of drug-likeness (QED) is 0.663. The fourth-order valence-corrected chi connectivity index (χ4v) is 5.48. The van der Waals surface area contributed by atoms with Crippen LogP contribution in [-0.2, 0) is 26.3 Å². The Balaban J connectivity index is 1.34. The van der Waals surface area contributed by atoms with Crippen LogP contribution < -0.4 is 15.4 Å². The average molecular weight is 493 g/mol. The van der Waals surface area contributed by atoms with Gasteiger partial charge in [0.25, 0.3) is 5.91 Å². The number of ether oxygens (including phenoxy) is 2. The van der Waals surface area contributed by atoms with E-state index < -0.39 is 17.6 Å². The van der Waals surface area contributed by atoms with E-state index in [0.717, 1.165) is 28.9 Å². The summed E-state index contributed by atoms with van der Waals surface area (Å²) in [5.41, 5.74) is 1.44. The number of imide groups is 1. The number of hydrogen-bond donors (Lipinski definition) is 2. The van der Waals surface area contributed by atoms with Crippen molar-refractivity contribution in [3.8, 4) is 5.75 Å². The molecule has 10 nitrogen and oxygen atoms in total. The Kier molecular flexibility index (Phi) is 6.03. The van der Waals surface area contributed by atoms with E-state index in [9.17, 15) is 19.2 Å². The zero-order chi connectivity index (χ0) is 25.4. The van der Waals surface area contributed by atoms with Gasteiger partial charge in [-0.2, -0.15) is 0 Å². The molecule has 0 radical (unpaired) electrons. The molecule has 1 unspecified atom stereocenters. The zero-order valence-electron chi connectivity index (χ0n) is 20.2. The molecule has 2 fully saturated rings. The Bertz CT molecular complexity index is 1250. The van der Waals surface area contributed by atoms with E-state index in [-0.39, 0.29) is 30.9 Å². The van der Waals surface area contributed by atoms with Crippen LogP contribution >= 0.6 is 0 Å². The molecule has 0 saturated carbocycles. The van der Waals surface area contributed by atoms with Crippen molar-refractivity contribution in [1.29, 1.82) is 0 Å². The van der Waals surface area contributed by atoms with Crippen LogP contribution in [0.15, 0.2) is 42.5 Å². The summed E-state index contributed by atoms with van der Waals surface area (Å²) in [6, 6.07) is 12.2. The van der Waals surface area contributed by atoms with Gasteiger partial charge in [0, 0.05) is 36.8 Å². The number of rotatable bonds is 5. The number of benzene rings is 2. The first-order chi connectivity index (χ1) is 17.4. The second kappa shape index (κ2) is 9.18. The van der Waals surface area contributed by atoms with E-state index >= 15 is 0 Å². The van der Waals surface area contributed by atoms with Crippen LogP contribution in [0.5, 0.6) is 5.75 Å². The summed E-state index contributed by atoms with van der Waals surface area (Å²) in [5.74, 6) is -0.139. The van der Waals surface area contributed by atoms with Crippen LogP contribution in [0.1, 0.15) is 42.0 Å². The largest absolute Gasteiger partial charge is 0.496 e. The van der Waals surface area contributed by atoms with Crippen LogP contribution in [0.3, 0.4) is 0 Å². The lowest BCUT2D eigenvalue weighted by Gasteiger charge is -2.27. The summed E-state index contributed by atoms with van der Waals surface area (Å²) in [5, 5.41) is 5.19. The Morgan fingerprint density at radius 3 is 2.78 bits per heavy atom. The molecular weight excluding hydrogens is 464 g/mol.